The summed E-state index contributed by atoms with van der Waals surface area (Å²) in [6.45, 7) is 2.25. The van der Waals surface area contributed by atoms with E-state index < -0.39 is 10.0 Å². The van der Waals surface area contributed by atoms with Crippen LogP contribution in [-0.4, -0.2) is 25.9 Å². The van der Waals surface area contributed by atoms with Crippen molar-refractivity contribution in [2.75, 3.05) is 11.4 Å². The second-order valence-electron chi connectivity index (χ2n) is 6.11. The average Bonchev–Trinajstić information content (AvgIpc) is 3.23. The molecule has 2 heterocycles. The van der Waals surface area contributed by atoms with Crippen molar-refractivity contribution in [2.45, 2.75) is 24.8 Å². The molecule has 8 heteroatoms. The molecular weight excluding hydrogens is 370 g/mol. The van der Waals surface area contributed by atoms with Gasteiger partial charge in [0.05, 0.1) is 21.7 Å². The summed E-state index contributed by atoms with van der Waals surface area (Å²) in [5.74, 6) is -0.0340. The fourth-order valence-corrected chi connectivity index (χ4v) is 5.14. The predicted octanol–water partition coefficient (Wildman–Crippen LogP) is 2.68. The number of nitrogens with one attached hydrogen (secondary N) is 1. The number of fused-ring (bicyclic) bond motifs is 2. The normalized spacial score (nSPS) is 14.0. The molecule has 0 atom stereocenters. The van der Waals surface area contributed by atoms with E-state index in [2.05, 4.69) is 9.71 Å². The van der Waals surface area contributed by atoms with E-state index in [1.54, 1.807) is 23.1 Å². The summed E-state index contributed by atoms with van der Waals surface area (Å²) in [6, 6.07) is 12.6. The maximum atomic E-state index is 12.6. The van der Waals surface area contributed by atoms with Gasteiger partial charge in [0.25, 0.3) is 0 Å². The molecular formula is C18H17N3O3S2. The number of amides is 1. The first-order valence-electron chi connectivity index (χ1n) is 8.19. The fraction of sp³-hybridized carbons (Fsp3) is 0.222. The molecule has 3 aromatic rings. The maximum Gasteiger partial charge on any atom is 0.240 e. The van der Waals surface area contributed by atoms with E-state index in [0.717, 1.165) is 26.5 Å². The minimum atomic E-state index is -3.64. The van der Waals surface area contributed by atoms with Crippen LogP contribution in [0.2, 0.25) is 0 Å². The highest BCUT2D eigenvalue weighted by molar-refractivity contribution is 7.89. The molecule has 0 saturated carbocycles. The van der Waals surface area contributed by atoms with Crippen molar-refractivity contribution in [1.29, 1.82) is 0 Å². The molecule has 1 aromatic heterocycles. The van der Waals surface area contributed by atoms with Crippen LogP contribution in [0.1, 0.15) is 17.5 Å². The molecule has 26 heavy (non-hydrogen) atoms. The van der Waals surface area contributed by atoms with Gasteiger partial charge in [0, 0.05) is 19.2 Å². The number of anilines is 1. The summed E-state index contributed by atoms with van der Waals surface area (Å²) >= 11 is 1.47. The SMILES string of the molecule is CC(=O)N1CCc2cc(S(=O)(=O)NCc3nc4ccccc4s3)ccc21. The van der Waals surface area contributed by atoms with Gasteiger partial charge >= 0.3 is 0 Å². The Morgan fingerprint density at radius 2 is 2.08 bits per heavy atom. The molecule has 4 rings (SSSR count). The number of nitrogens with zero attached hydrogens (tertiary/aromatic N) is 2. The van der Waals surface area contributed by atoms with Crippen LogP contribution in [0.5, 0.6) is 0 Å². The Hall–Kier alpha value is -2.29. The number of carbonyl (C=O) groups is 1. The summed E-state index contributed by atoms with van der Waals surface area (Å²) in [5.41, 5.74) is 2.54. The zero-order chi connectivity index (χ0) is 18.3. The third-order valence-corrected chi connectivity index (χ3v) is 6.82. The van der Waals surface area contributed by atoms with Gasteiger partial charge in [-0.25, -0.2) is 18.1 Å². The van der Waals surface area contributed by atoms with Gasteiger partial charge in [0.2, 0.25) is 15.9 Å². The smallest absolute Gasteiger partial charge is 0.240 e. The molecule has 1 aliphatic heterocycles. The zero-order valence-corrected chi connectivity index (χ0v) is 15.7. The van der Waals surface area contributed by atoms with E-state index in [1.807, 2.05) is 24.3 Å². The molecule has 1 aliphatic rings. The summed E-state index contributed by atoms with van der Waals surface area (Å²) in [5, 5.41) is 0.721. The Morgan fingerprint density at radius 3 is 2.85 bits per heavy atom. The van der Waals surface area contributed by atoms with Crippen LogP contribution in [0.3, 0.4) is 0 Å². The van der Waals surface area contributed by atoms with Crippen molar-refractivity contribution in [3.63, 3.8) is 0 Å². The number of hydrogen-bond donors (Lipinski definition) is 1. The highest BCUT2D eigenvalue weighted by Crippen LogP contribution is 2.30. The molecule has 0 saturated heterocycles. The minimum absolute atomic E-state index is 0.0340. The van der Waals surface area contributed by atoms with Crippen molar-refractivity contribution in [2.24, 2.45) is 0 Å². The number of aromatic nitrogens is 1. The Labute approximate surface area is 155 Å². The van der Waals surface area contributed by atoms with E-state index in [9.17, 15) is 13.2 Å². The zero-order valence-electron chi connectivity index (χ0n) is 14.1. The van der Waals surface area contributed by atoms with Crippen LogP contribution in [0.4, 0.5) is 5.69 Å². The minimum Gasteiger partial charge on any atom is -0.312 e. The van der Waals surface area contributed by atoms with E-state index >= 15 is 0 Å². The molecule has 0 fully saturated rings. The molecule has 0 radical (unpaired) electrons. The highest BCUT2D eigenvalue weighted by Gasteiger charge is 2.24. The molecule has 1 amide bonds. The lowest BCUT2D eigenvalue weighted by Crippen LogP contribution is -2.26. The molecule has 134 valence electrons. The van der Waals surface area contributed by atoms with Crippen LogP contribution in [0, 0.1) is 0 Å². The average molecular weight is 387 g/mol. The highest BCUT2D eigenvalue weighted by atomic mass is 32.2. The summed E-state index contributed by atoms with van der Waals surface area (Å²) in [7, 11) is -3.64. The lowest BCUT2D eigenvalue weighted by molar-refractivity contribution is -0.116. The molecule has 0 aliphatic carbocycles. The van der Waals surface area contributed by atoms with Crippen LogP contribution in [-0.2, 0) is 27.8 Å². The number of sulfonamides is 1. The van der Waals surface area contributed by atoms with Gasteiger partial charge < -0.3 is 4.90 Å². The van der Waals surface area contributed by atoms with Gasteiger partial charge in [0.1, 0.15) is 5.01 Å². The third kappa shape index (κ3) is 3.11. The second-order valence-corrected chi connectivity index (χ2v) is 8.99. The first kappa shape index (κ1) is 17.1. The summed E-state index contributed by atoms with van der Waals surface area (Å²) in [6.07, 6.45) is 0.663. The van der Waals surface area contributed by atoms with Gasteiger partial charge in [-0.15, -0.1) is 11.3 Å². The molecule has 6 nitrogen and oxygen atoms in total. The Balaban J connectivity index is 1.54. The predicted molar refractivity (Wildman–Crippen MR) is 102 cm³/mol. The molecule has 0 bridgehead atoms. The first-order valence-corrected chi connectivity index (χ1v) is 10.5. The van der Waals surface area contributed by atoms with Gasteiger partial charge in [-0.3, -0.25) is 4.79 Å². The van der Waals surface area contributed by atoms with E-state index in [-0.39, 0.29) is 17.3 Å². The van der Waals surface area contributed by atoms with Crippen LogP contribution in [0.25, 0.3) is 10.2 Å². The Bertz CT molecular complexity index is 1070. The lowest BCUT2D eigenvalue weighted by atomic mass is 10.2. The monoisotopic (exact) mass is 387 g/mol. The molecule has 2 aromatic carbocycles. The van der Waals surface area contributed by atoms with Gasteiger partial charge in [-0.05, 0) is 42.3 Å². The van der Waals surface area contributed by atoms with Crippen LogP contribution >= 0.6 is 11.3 Å². The molecule has 1 N–H and O–H groups in total. The molecule has 0 spiro atoms. The number of carbonyl (C=O) groups excluding carboxylic acids is 1. The van der Waals surface area contributed by atoms with Crippen molar-refractivity contribution in [3.8, 4) is 0 Å². The van der Waals surface area contributed by atoms with Crippen molar-refractivity contribution in [3.05, 3.63) is 53.0 Å². The molecule has 0 unspecified atom stereocenters. The van der Waals surface area contributed by atoms with Gasteiger partial charge in [-0.2, -0.15) is 0 Å². The fourth-order valence-electron chi connectivity index (χ4n) is 3.11. The number of thiazole rings is 1. The quantitative estimate of drug-likeness (QED) is 0.746. The van der Waals surface area contributed by atoms with Crippen molar-refractivity contribution >= 4 is 43.2 Å². The third-order valence-electron chi connectivity index (χ3n) is 4.39. The van der Waals surface area contributed by atoms with E-state index in [1.165, 1.54) is 18.3 Å². The Kier molecular flexibility index (Phi) is 4.26. The van der Waals surface area contributed by atoms with E-state index in [4.69, 9.17) is 0 Å². The lowest BCUT2D eigenvalue weighted by Gasteiger charge is -2.15. The second kappa shape index (κ2) is 6.46. The van der Waals surface area contributed by atoms with Crippen LogP contribution in [0.15, 0.2) is 47.4 Å². The summed E-state index contributed by atoms with van der Waals surface area (Å²) in [4.78, 5) is 17.9. The van der Waals surface area contributed by atoms with Gasteiger partial charge in [-0.1, -0.05) is 12.1 Å². The first-order chi connectivity index (χ1) is 12.4. The van der Waals surface area contributed by atoms with Gasteiger partial charge in [0.15, 0.2) is 0 Å². The van der Waals surface area contributed by atoms with Crippen molar-refractivity contribution in [1.82, 2.24) is 9.71 Å². The summed E-state index contributed by atoms with van der Waals surface area (Å²) < 4.78 is 28.9. The largest absolute Gasteiger partial charge is 0.312 e. The standard InChI is InChI=1S/C18H17N3O3S2/c1-12(22)21-9-8-13-10-14(6-7-16(13)21)26(23,24)19-11-18-20-15-4-2-3-5-17(15)25-18/h2-7,10,19H,8-9,11H2,1H3. The van der Waals surface area contributed by atoms with Crippen LogP contribution < -0.4 is 9.62 Å². The number of para-hydroxylation sites is 1. The topological polar surface area (TPSA) is 79.4 Å². The maximum absolute atomic E-state index is 12.6. The number of benzene rings is 2. The number of hydrogen-bond acceptors (Lipinski definition) is 5. The van der Waals surface area contributed by atoms with Crippen molar-refractivity contribution < 1.29 is 13.2 Å². The Morgan fingerprint density at radius 1 is 1.27 bits per heavy atom. The van der Waals surface area contributed by atoms with E-state index in [0.29, 0.717) is 13.0 Å². The number of rotatable bonds is 4.